The van der Waals surface area contributed by atoms with E-state index in [1.165, 1.54) is 7.11 Å². The Hall–Kier alpha value is -0.610. The van der Waals surface area contributed by atoms with Gasteiger partial charge in [0.2, 0.25) is 0 Å². The van der Waals surface area contributed by atoms with Gasteiger partial charge in [0, 0.05) is 0 Å². The molecule has 0 amide bonds. The van der Waals surface area contributed by atoms with Gasteiger partial charge in [-0.2, -0.15) is 0 Å². The van der Waals surface area contributed by atoms with E-state index < -0.39 is 6.10 Å². The van der Waals surface area contributed by atoms with Crippen molar-refractivity contribution in [3.8, 4) is 0 Å². The summed E-state index contributed by atoms with van der Waals surface area (Å²) in [5.74, 6) is -0.360. The molecule has 0 bridgehead atoms. The molecule has 0 aromatic carbocycles. The molecule has 0 aromatic rings. The number of hydrogen-bond acceptors (Lipinski definition) is 4. The first-order valence-corrected chi connectivity index (χ1v) is 3.96. The molecule has 0 saturated carbocycles. The molecule has 0 aliphatic carbocycles. The van der Waals surface area contributed by atoms with Crippen molar-refractivity contribution in [1.29, 1.82) is 0 Å². The number of ether oxygens (including phenoxy) is 1. The molecule has 0 unspecified atom stereocenters. The molecular formula is C8H17NO3. The summed E-state index contributed by atoms with van der Waals surface area (Å²) in [5.41, 5.74) is 0. The molecule has 1 atom stereocenters. The van der Waals surface area contributed by atoms with E-state index in [-0.39, 0.29) is 12.4 Å². The van der Waals surface area contributed by atoms with Gasteiger partial charge in [0.25, 0.3) is 0 Å². The van der Waals surface area contributed by atoms with Crippen molar-refractivity contribution >= 4 is 5.97 Å². The highest BCUT2D eigenvalue weighted by atomic mass is 16.5. The van der Waals surface area contributed by atoms with Gasteiger partial charge in [-0.3, -0.25) is 4.79 Å². The molecule has 4 nitrogen and oxygen atoms in total. The van der Waals surface area contributed by atoms with E-state index in [1.54, 1.807) is 0 Å². The summed E-state index contributed by atoms with van der Waals surface area (Å²) in [7, 11) is 5.16. The highest BCUT2D eigenvalue weighted by Crippen LogP contribution is 1.99. The number of hydrogen-bond donors (Lipinski definition) is 1. The maximum Gasteiger partial charge on any atom is 0.308 e. The van der Waals surface area contributed by atoms with Crippen LogP contribution in [0.15, 0.2) is 0 Å². The third kappa shape index (κ3) is 6.12. The fraction of sp³-hybridized carbons (Fsp3) is 0.875. The topological polar surface area (TPSA) is 49.8 Å². The maximum absolute atomic E-state index is 10.7. The fourth-order valence-corrected chi connectivity index (χ4v) is 0.785. The summed E-state index contributed by atoms with van der Waals surface area (Å²) in [6, 6.07) is 0. The predicted octanol–water partition coefficient (Wildman–Crippen LogP) is -0.138. The number of nitrogens with zero attached hydrogens (tertiary/aromatic N) is 1. The first-order valence-electron chi connectivity index (χ1n) is 3.96. The van der Waals surface area contributed by atoms with Crippen LogP contribution < -0.4 is 0 Å². The summed E-state index contributed by atoms with van der Waals surface area (Å²) in [5, 5.41) is 9.27. The van der Waals surface area contributed by atoms with Gasteiger partial charge in [0.1, 0.15) is 0 Å². The second-order valence-corrected chi connectivity index (χ2v) is 3.03. The van der Waals surface area contributed by atoms with Gasteiger partial charge in [-0.15, -0.1) is 0 Å². The zero-order chi connectivity index (χ0) is 9.56. The van der Waals surface area contributed by atoms with E-state index in [0.29, 0.717) is 6.42 Å². The third-order valence-corrected chi connectivity index (χ3v) is 1.54. The lowest BCUT2D eigenvalue weighted by Crippen LogP contribution is -2.21. The van der Waals surface area contributed by atoms with Crippen LogP contribution in [0, 0.1) is 0 Å². The number of carbonyl (C=O) groups is 1. The third-order valence-electron chi connectivity index (χ3n) is 1.54. The van der Waals surface area contributed by atoms with E-state index >= 15 is 0 Å². The molecule has 0 fully saturated rings. The molecular weight excluding hydrogens is 158 g/mol. The minimum atomic E-state index is -0.583. The van der Waals surface area contributed by atoms with Gasteiger partial charge in [-0.1, -0.05) is 0 Å². The Bertz CT molecular complexity index is 136. The fourth-order valence-electron chi connectivity index (χ4n) is 0.785. The van der Waals surface area contributed by atoms with Crippen LogP contribution in [0.2, 0.25) is 0 Å². The lowest BCUT2D eigenvalue weighted by Gasteiger charge is -2.12. The molecule has 0 spiro atoms. The van der Waals surface area contributed by atoms with Crippen LogP contribution in [0.4, 0.5) is 0 Å². The summed E-state index contributed by atoms with van der Waals surface area (Å²) in [4.78, 5) is 12.6. The number of aliphatic hydroxyl groups excluding tert-OH is 1. The summed E-state index contributed by atoms with van der Waals surface area (Å²) >= 11 is 0. The molecule has 1 N–H and O–H groups in total. The highest BCUT2D eigenvalue weighted by molar-refractivity contribution is 5.69. The summed E-state index contributed by atoms with van der Waals surface area (Å²) in [6.45, 7) is 0.776. The molecule has 0 saturated heterocycles. The minimum absolute atomic E-state index is 0.0876. The molecule has 0 radical (unpaired) electrons. The Kier molecular flexibility index (Phi) is 5.66. The Balaban J connectivity index is 3.45. The van der Waals surface area contributed by atoms with Crippen molar-refractivity contribution in [3.63, 3.8) is 0 Å². The van der Waals surface area contributed by atoms with E-state index in [9.17, 15) is 9.90 Å². The van der Waals surface area contributed by atoms with Gasteiger partial charge < -0.3 is 14.7 Å². The van der Waals surface area contributed by atoms with E-state index in [1.807, 2.05) is 19.0 Å². The van der Waals surface area contributed by atoms with Gasteiger partial charge in [0.05, 0.1) is 19.6 Å². The van der Waals surface area contributed by atoms with Gasteiger partial charge in [-0.25, -0.2) is 0 Å². The normalized spacial score (nSPS) is 13.1. The van der Waals surface area contributed by atoms with E-state index in [4.69, 9.17) is 0 Å². The molecule has 0 heterocycles. The molecule has 12 heavy (non-hydrogen) atoms. The second-order valence-electron chi connectivity index (χ2n) is 3.03. The Morgan fingerprint density at radius 3 is 2.58 bits per heavy atom. The van der Waals surface area contributed by atoms with Crippen molar-refractivity contribution in [3.05, 3.63) is 0 Å². The molecule has 72 valence electrons. The van der Waals surface area contributed by atoms with Crippen LogP contribution in [0.1, 0.15) is 12.8 Å². The largest absolute Gasteiger partial charge is 0.469 e. The quantitative estimate of drug-likeness (QED) is 0.591. The zero-order valence-corrected chi connectivity index (χ0v) is 7.91. The standard InChI is InChI=1S/C8H17NO3/c1-9(2)5-4-7(10)6-8(11)12-3/h7,10H,4-6H2,1-3H3/t7-/m0/s1. The summed E-state index contributed by atoms with van der Waals surface area (Å²) < 4.78 is 4.42. The van der Waals surface area contributed by atoms with Crippen molar-refractivity contribution < 1.29 is 14.6 Å². The Morgan fingerprint density at radius 1 is 1.58 bits per heavy atom. The lowest BCUT2D eigenvalue weighted by molar-refractivity contribution is -0.142. The first kappa shape index (κ1) is 11.4. The van der Waals surface area contributed by atoms with Gasteiger partial charge in [0.15, 0.2) is 0 Å². The minimum Gasteiger partial charge on any atom is -0.469 e. The van der Waals surface area contributed by atoms with Crippen molar-refractivity contribution in [2.45, 2.75) is 18.9 Å². The number of carbonyl (C=O) groups excluding carboxylic acids is 1. The zero-order valence-electron chi connectivity index (χ0n) is 7.91. The van der Waals surface area contributed by atoms with Crippen LogP contribution in [-0.4, -0.2) is 49.8 Å². The molecule has 0 aliphatic rings. The van der Waals surface area contributed by atoms with Crippen molar-refractivity contribution in [2.24, 2.45) is 0 Å². The number of methoxy groups -OCH3 is 1. The average molecular weight is 175 g/mol. The average Bonchev–Trinajstić information content (AvgIpc) is 2.00. The molecule has 0 aromatic heterocycles. The number of aliphatic hydroxyl groups is 1. The van der Waals surface area contributed by atoms with Gasteiger partial charge in [-0.05, 0) is 27.1 Å². The smallest absolute Gasteiger partial charge is 0.308 e. The van der Waals surface area contributed by atoms with Crippen molar-refractivity contribution in [1.82, 2.24) is 4.90 Å². The van der Waals surface area contributed by atoms with Crippen LogP contribution >= 0.6 is 0 Å². The summed E-state index contributed by atoms with van der Waals surface area (Å²) in [6.07, 6.45) is 0.103. The maximum atomic E-state index is 10.7. The van der Waals surface area contributed by atoms with Gasteiger partial charge >= 0.3 is 5.97 Å². The van der Waals surface area contributed by atoms with E-state index in [0.717, 1.165) is 6.54 Å². The Labute approximate surface area is 73.1 Å². The number of rotatable bonds is 5. The molecule has 4 heteroatoms. The predicted molar refractivity (Wildman–Crippen MR) is 45.8 cm³/mol. The van der Waals surface area contributed by atoms with E-state index in [2.05, 4.69) is 4.74 Å². The van der Waals surface area contributed by atoms with Crippen LogP contribution in [0.5, 0.6) is 0 Å². The second kappa shape index (κ2) is 5.97. The monoisotopic (exact) mass is 175 g/mol. The first-order chi connectivity index (χ1) is 5.56. The highest BCUT2D eigenvalue weighted by Gasteiger charge is 2.10. The number of esters is 1. The molecule has 0 rings (SSSR count). The molecule has 0 aliphatic heterocycles. The van der Waals surface area contributed by atoms with Crippen molar-refractivity contribution in [2.75, 3.05) is 27.7 Å². The SMILES string of the molecule is COC(=O)C[C@@H](O)CCN(C)C. The van der Waals surface area contributed by atoms with Crippen LogP contribution in [-0.2, 0) is 9.53 Å². The van der Waals surface area contributed by atoms with Crippen LogP contribution in [0.3, 0.4) is 0 Å². The Morgan fingerprint density at radius 2 is 2.17 bits per heavy atom. The lowest BCUT2D eigenvalue weighted by atomic mass is 10.2. The van der Waals surface area contributed by atoms with Crippen LogP contribution in [0.25, 0.3) is 0 Å².